The molecule has 5 nitrogen and oxygen atoms in total. The molecule has 0 spiro atoms. The molecule has 0 amide bonds. The second-order valence-electron chi connectivity index (χ2n) is 5.09. The van der Waals surface area contributed by atoms with Gasteiger partial charge in [0, 0.05) is 16.6 Å². The molecule has 6 heteroatoms. The van der Waals surface area contributed by atoms with Gasteiger partial charge >= 0.3 is 5.97 Å². The van der Waals surface area contributed by atoms with Gasteiger partial charge in [-0.25, -0.2) is 0 Å². The Morgan fingerprint density at radius 3 is 2.47 bits per heavy atom. The van der Waals surface area contributed by atoms with Crippen molar-refractivity contribution < 1.29 is 14.8 Å². The molecule has 0 saturated heterocycles. The molecule has 0 aliphatic rings. The van der Waals surface area contributed by atoms with Crippen molar-refractivity contribution in [3.05, 3.63) is 38.3 Å². The summed E-state index contributed by atoms with van der Waals surface area (Å²) in [6.07, 6.45) is 0.318. The first kappa shape index (κ1) is 15.6. The third-order valence-electron chi connectivity index (χ3n) is 3.57. The summed E-state index contributed by atoms with van der Waals surface area (Å²) >= 11 is 3.27. The van der Waals surface area contributed by atoms with Gasteiger partial charge in [-0.3, -0.25) is 14.9 Å². The van der Waals surface area contributed by atoms with Crippen LogP contribution in [0.2, 0.25) is 0 Å². The standard InChI is InChI=1S/C13H16BrNO4/c1-8(2)13(3,12(16)17)7-9-4-5-10(15(18)19)6-11(9)14/h4-6,8H,7H2,1-3H3,(H,16,17). The van der Waals surface area contributed by atoms with Gasteiger partial charge in [-0.2, -0.15) is 0 Å². The maximum atomic E-state index is 11.4. The van der Waals surface area contributed by atoms with E-state index in [4.69, 9.17) is 0 Å². The van der Waals surface area contributed by atoms with Crippen LogP contribution in [0.15, 0.2) is 22.7 Å². The predicted molar refractivity (Wildman–Crippen MR) is 75.1 cm³/mol. The lowest BCUT2D eigenvalue weighted by molar-refractivity contribution is -0.384. The number of hydrogen-bond acceptors (Lipinski definition) is 3. The Balaban J connectivity index is 3.12. The summed E-state index contributed by atoms with van der Waals surface area (Å²) in [6.45, 7) is 5.40. The van der Waals surface area contributed by atoms with E-state index in [1.165, 1.54) is 12.1 Å². The highest BCUT2D eigenvalue weighted by atomic mass is 79.9. The molecule has 0 saturated carbocycles. The van der Waals surface area contributed by atoms with E-state index in [9.17, 15) is 20.0 Å². The zero-order chi connectivity index (χ0) is 14.8. The number of carboxylic acids is 1. The number of benzene rings is 1. The second kappa shape index (κ2) is 5.69. The van der Waals surface area contributed by atoms with Crippen LogP contribution in [0, 0.1) is 21.4 Å². The van der Waals surface area contributed by atoms with E-state index >= 15 is 0 Å². The van der Waals surface area contributed by atoms with Crippen LogP contribution in [-0.2, 0) is 11.2 Å². The minimum atomic E-state index is -0.904. The lowest BCUT2D eigenvalue weighted by Gasteiger charge is -2.29. The van der Waals surface area contributed by atoms with E-state index < -0.39 is 16.3 Å². The zero-order valence-electron chi connectivity index (χ0n) is 11.0. The smallest absolute Gasteiger partial charge is 0.309 e. The molecular weight excluding hydrogens is 314 g/mol. The van der Waals surface area contributed by atoms with E-state index in [2.05, 4.69) is 15.9 Å². The van der Waals surface area contributed by atoms with Gasteiger partial charge in [0.2, 0.25) is 0 Å². The molecule has 1 unspecified atom stereocenters. The van der Waals surface area contributed by atoms with Gasteiger partial charge in [-0.15, -0.1) is 0 Å². The SMILES string of the molecule is CC(C)C(C)(Cc1ccc([N+](=O)[O-])cc1Br)C(=O)O. The topological polar surface area (TPSA) is 80.4 Å². The first-order valence-corrected chi connectivity index (χ1v) is 6.64. The van der Waals surface area contributed by atoms with Gasteiger partial charge in [-0.05, 0) is 24.8 Å². The van der Waals surface area contributed by atoms with Crippen LogP contribution in [0.1, 0.15) is 26.3 Å². The number of carboxylic acid groups (broad SMARTS) is 1. The first-order valence-electron chi connectivity index (χ1n) is 5.84. The Kier molecular flexibility index (Phi) is 4.68. The zero-order valence-corrected chi connectivity index (χ0v) is 12.6. The van der Waals surface area contributed by atoms with Crippen LogP contribution in [0.3, 0.4) is 0 Å². The van der Waals surface area contributed by atoms with Crippen molar-refractivity contribution in [1.29, 1.82) is 0 Å². The lowest BCUT2D eigenvalue weighted by Crippen LogP contribution is -2.35. The number of non-ortho nitro benzene ring substituents is 1. The maximum absolute atomic E-state index is 11.4. The highest BCUT2D eigenvalue weighted by Crippen LogP contribution is 2.35. The minimum Gasteiger partial charge on any atom is -0.481 e. The van der Waals surface area contributed by atoms with Crippen LogP contribution in [-0.4, -0.2) is 16.0 Å². The van der Waals surface area contributed by atoms with Gasteiger partial charge in [0.05, 0.1) is 10.3 Å². The molecule has 0 heterocycles. The van der Waals surface area contributed by atoms with Gasteiger partial charge in [0.15, 0.2) is 0 Å². The molecule has 1 aromatic carbocycles. The second-order valence-corrected chi connectivity index (χ2v) is 5.94. The highest BCUT2D eigenvalue weighted by molar-refractivity contribution is 9.10. The number of hydrogen-bond donors (Lipinski definition) is 1. The van der Waals surface area contributed by atoms with E-state index in [1.807, 2.05) is 13.8 Å². The number of carbonyl (C=O) groups is 1. The molecule has 1 atom stereocenters. The van der Waals surface area contributed by atoms with E-state index in [-0.39, 0.29) is 11.6 Å². The molecule has 0 radical (unpaired) electrons. The summed E-state index contributed by atoms with van der Waals surface area (Å²) < 4.78 is 0.565. The van der Waals surface area contributed by atoms with Gasteiger partial charge < -0.3 is 5.11 Å². The van der Waals surface area contributed by atoms with E-state index in [0.717, 1.165) is 5.56 Å². The normalized spacial score (nSPS) is 14.2. The van der Waals surface area contributed by atoms with Crippen LogP contribution in [0.4, 0.5) is 5.69 Å². The van der Waals surface area contributed by atoms with Crippen molar-refractivity contribution in [3.63, 3.8) is 0 Å². The summed E-state index contributed by atoms with van der Waals surface area (Å²) in [5, 5.41) is 20.0. The summed E-state index contributed by atoms with van der Waals surface area (Å²) in [6, 6.07) is 4.40. The van der Waals surface area contributed by atoms with Crippen molar-refractivity contribution in [2.24, 2.45) is 11.3 Å². The monoisotopic (exact) mass is 329 g/mol. The largest absolute Gasteiger partial charge is 0.481 e. The van der Waals surface area contributed by atoms with Crippen LogP contribution in [0.5, 0.6) is 0 Å². The predicted octanol–water partition coefficient (Wildman–Crippen LogP) is 3.65. The molecule has 0 aromatic heterocycles. The van der Waals surface area contributed by atoms with Crippen molar-refractivity contribution >= 4 is 27.6 Å². The Labute approximate surface area is 119 Å². The fourth-order valence-electron chi connectivity index (χ4n) is 1.72. The van der Waals surface area contributed by atoms with Crippen molar-refractivity contribution in [2.75, 3.05) is 0 Å². The number of nitro groups is 1. The molecule has 1 aromatic rings. The fraction of sp³-hybridized carbons (Fsp3) is 0.462. The molecule has 0 aliphatic heterocycles. The molecule has 104 valence electrons. The molecule has 0 aliphatic carbocycles. The van der Waals surface area contributed by atoms with Crippen LogP contribution in [0.25, 0.3) is 0 Å². The van der Waals surface area contributed by atoms with Crippen LogP contribution >= 0.6 is 15.9 Å². The number of nitrogens with zero attached hydrogens (tertiary/aromatic N) is 1. The summed E-state index contributed by atoms with van der Waals surface area (Å²) in [7, 11) is 0. The number of aliphatic carboxylic acids is 1. The lowest BCUT2D eigenvalue weighted by atomic mass is 9.74. The molecule has 0 bridgehead atoms. The molecule has 0 fully saturated rings. The third-order valence-corrected chi connectivity index (χ3v) is 4.31. The van der Waals surface area contributed by atoms with Crippen molar-refractivity contribution in [3.8, 4) is 0 Å². The Morgan fingerprint density at radius 1 is 1.53 bits per heavy atom. The van der Waals surface area contributed by atoms with Gasteiger partial charge in [-0.1, -0.05) is 35.8 Å². The molecule has 19 heavy (non-hydrogen) atoms. The molecule has 1 N–H and O–H groups in total. The maximum Gasteiger partial charge on any atom is 0.309 e. The number of halogens is 1. The first-order chi connectivity index (χ1) is 8.68. The number of nitro benzene ring substituents is 1. The number of rotatable bonds is 5. The third kappa shape index (κ3) is 3.32. The summed E-state index contributed by atoms with van der Waals surface area (Å²) in [5.74, 6) is -0.917. The van der Waals surface area contributed by atoms with Crippen molar-refractivity contribution in [1.82, 2.24) is 0 Å². The minimum absolute atomic E-state index is 0.0165. The summed E-state index contributed by atoms with van der Waals surface area (Å²) in [4.78, 5) is 21.6. The quantitative estimate of drug-likeness (QED) is 0.660. The van der Waals surface area contributed by atoms with E-state index in [1.54, 1.807) is 13.0 Å². The molecule has 1 rings (SSSR count). The van der Waals surface area contributed by atoms with Crippen molar-refractivity contribution in [2.45, 2.75) is 27.2 Å². The Morgan fingerprint density at radius 2 is 2.11 bits per heavy atom. The van der Waals surface area contributed by atoms with Crippen LogP contribution < -0.4 is 0 Å². The Bertz CT molecular complexity index is 515. The molecular formula is C13H16BrNO4. The highest BCUT2D eigenvalue weighted by Gasteiger charge is 2.37. The van der Waals surface area contributed by atoms with Gasteiger partial charge in [0.25, 0.3) is 5.69 Å². The fourth-order valence-corrected chi connectivity index (χ4v) is 2.22. The Hall–Kier alpha value is -1.43. The average molecular weight is 330 g/mol. The average Bonchev–Trinajstić information content (AvgIpc) is 2.30. The summed E-state index contributed by atoms with van der Waals surface area (Å²) in [5.41, 5.74) is -0.167. The van der Waals surface area contributed by atoms with E-state index in [0.29, 0.717) is 10.9 Å². The van der Waals surface area contributed by atoms with Gasteiger partial charge in [0.1, 0.15) is 0 Å².